The highest BCUT2D eigenvalue weighted by Crippen LogP contribution is 2.01. The molecule has 0 rings (SSSR count). The zero-order chi connectivity index (χ0) is 13.6. The van der Waals surface area contributed by atoms with Crippen LogP contribution in [0, 0.1) is 5.92 Å². The molecule has 0 aliphatic heterocycles. The fraction of sp³-hybridized carbons (Fsp3) is 0.833. The SMILES string of the molecule is CC(C)CNC(CC(=O)NC(C)(C)C)C(N)=O. The van der Waals surface area contributed by atoms with Crippen molar-refractivity contribution in [2.24, 2.45) is 11.7 Å². The molecule has 4 N–H and O–H groups in total. The minimum atomic E-state index is -0.597. The van der Waals surface area contributed by atoms with Gasteiger partial charge in [-0.15, -0.1) is 0 Å². The van der Waals surface area contributed by atoms with Crippen LogP contribution in [-0.4, -0.2) is 29.9 Å². The summed E-state index contributed by atoms with van der Waals surface area (Å²) in [5, 5.41) is 5.81. The summed E-state index contributed by atoms with van der Waals surface area (Å²) in [6.45, 7) is 10.4. The standard InChI is InChI=1S/C12H25N3O2/c1-8(2)7-14-9(11(13)17)6-10(16)15-12(3,4)5/h8-9,14H,6-7H2,1-5H3,(H2,13,17)(H,15,16). The van der Waals surface area contributed by atoms with Crippen molar-refractivity contribution in [2.45, 2.75) is 52.6 Å². The van der Waals surface area contributed by atoms with E-state index in [1.165, 1.54) is 0 Å². The Kier molecular flexibility index (Phi) is 6.16. The third kappa shape index (κ3) is 8.68. The summed E-state index contributed by atoms with van der Waals surface area (Å²) < 4.78 is 0. The molecule has 1 atom stereocenters. The monoisotopic (exact) mass is 243 g/mol. The van der Waals surface area contributed by atoms with E-state index in [0.29, 0.717) is 12.5 Å². The Morgan fingerprint density at radius 1 is 1.24 bits per heavy atom. The Hall–Kier alpha value is -1.10. The van der Waals surface area contributed by atoms with Crippen LogP contribution in [0.5, 0.6) is 0 Å². The minimum Gasteiger partial charge on any atom is -0.368 e. The number of amides is 2. The van der Waals surface area contributed by atoms with Crippen molar-refractivity contribution in [3.63, 3.8) is 0 Å². The summed E-state index contributed by atoms with van der Waals surface area (Å²) in [5.74, 6) is -0.255. The van der Waals surface area contributed by atoms with E-state index in [0.717, 1.165) is 0 Å². The van der Waals surface area contributed by atoms with Gasteiger partial charge in [-0.3, -0.25) is 9.59 Å². The van der Waals surface area contributed by atoms with Crippen LogP contribution >= 0.6 is 0 Å². The van der Waals surface area contributed by atoms with E-state index >= 15 is 0 Å². The largest absolute Gasteiger partial charge is 0.368 e. The highest BCUT2D eigenvalue weighted by atomic mass is 16.2. The Labute approximate surface area is 104 Å². The number of hydrogen-bond acceptors (Lipinski definition) is 3. The van der Waals surface area contributed by atoms with Gasteiger partial charge in [0, 0.05) is 5.54 Å². The van der Waals surface area contributed by atoms with E-state index in [1.54, 1.807) is 0 Å². The fourth-order valence-electron chi connectivity index (χ4n) is 1.31. The van der Waals surface area contributed by atoms with E-state index < -0.39 is 11.9 Å². The molecule has 0 saturated heterocycles. The van der Waals surface area contributed by atoms with Crippen LogP contribution in [0.25, 0.3) is 0 Å². The zero-order valence-corrected chi connectivity index (χ0v) is 11.5. The van der Waals surface area contributed by atoms with Gasteiger partial charge in [-0.25, -0.2) is 0 Å². The van der Waals surface area contributed by atoms with Gasteiger partial charge in [0.2, 0.25) is 11.8 Å². The summed E-state index contributed by atoms with van der Waals surface area (Å²) in [6.07, 6.45) is 0.0827. The first kappa shape index (κ1) is 15.9. The predicted molar refractivity (Wildman–Crippen MR) is 68.3 cm³/mol. The van der Waals surface area contributed by atoms with Crippen molar-refractivity contribution in [3.05, 3.63) is 0 Å². The van der Waals surface area contributed by atoms with Gasteiger partial charge in [-0.1, -0.05) is 13.8 Å². The van der Waals surface area contributed by atoms with Gasteiger partial charge >= 0.3 is 0 Å². The molecule has 0 aromatic heterocycles. The predicted octanol–water partition coefficient (Wildman–Crippen LogP) is 0.391. The first-order chi connectivity index (χ1) is 7.61. The molecule has 0 bridgehead atoms. The smallest absolute Gasteiger partial charge is 0.235 e. The third-order valence-electron chi connectivity index (χ3n) is 2.02. The van der Waals surface area contributed by atoms with Crippen molar-refractivity contribution in [1.82, 2.24) is 10.6 Å². The lowest BCUT2D eigenvalue weighted by Gasteiger charge is -2.23. The second-order valence-corrected chi connectivity index (χ2v) is 5.76. The molecule has 0 aliphatic rings. The van der Waals surface area contributed by atoms with Crippen LogP contribution in [0.4, 0.5) is 0 Å². The van der Waals surface area contributed by atoms with E-state index in [2.05, 4.69) is 10.6 Å². The molecule has 0 fully saturated rings. The summed E-state index contributed by atoms with van der Waals surface area (Å²) in [5.41, 5.74) is 4.96. The van der Waals surface area contributed by atoms with Crippen LogP contribution < -0.4 is 16.4 Å². The maximum atomic E-state index is 11.7. The van der Waals surface area contributed by atoms with Gasteiger partial charge in [-0.05, 0) is 33.2 Å². The first-order valence-corrected chi connectivity index (χ1v) is 5.95. The van der Waals surface area contributed by atoms with Crippen molar-refractivity contribution in [2.75, 3.05) is 6.54 Å². The summed E-state index contributed by atoms with van der Waals surface area (Å²) >= 11 is 0. The summed E-state index contributed by atoms with van der Waals surface area (Å²) in [4.78, 5) is 22.9. The molecular weight excluding hydrogens is 218 g/mol. The normalized spacial score (nSPS) is 13.5. The van der Waals surface area contributed by atoms with Gasteiger partial charge in [0.25, 0.3) is 0 Å². The second kappa shape index (κ2) is 6.59. The van der Waals surface area contributed by atoms with Gasteiger partial charge in [-0.2, -0.15) is 0 Å². The minimum absolute atomic E-state index is 0.0827. The molecular formula is C12H25N3O2. The molecule has 0 aromatic rings. The van der Waals surface area contributed by atoms with Gasteiger partial charge in [0.05, 0.1) is 12.5 Å². The molecule has 0 spiro atoms. The Balaban J connectivity index is 4.26. The number of rotatable bonds is 6. The number of nitrogens with one attached hydrogen (secondary N) is 2. The number of nitrogens with two attached hydrogens (primary N) is 1. The zero-order valence-electron chi connectivity index (χ0n) is 11.5. The number of carbonyl (C=O) groups is 2. The Bertz CT molecular complexity index is 269. The molecule has 5 heteroatoms. The summed E-state index contributed by atoms with van der Waals surface area (Å²) in [7, 11) is 0. The van der Waals surface area contributed by atoms with E-state index in [1.807, 2.05) is 34.6 Å². The summed E-state index contributed by atoms with van der Waals surface area (Å²) in [6, 6.07) is -0.597. The van der Waals surface area contributed by atoms with E-state index in [4.69, 9.17) is 5.73 Å². The molecule has 0 aliphatic carbocycles. The maximum Gasteiger partial charge on any atom is 0.235 e. The number of primary amides is 1. The quantitative estimate of drug-likeness (QED) is 0.631. The molecule has 0 radical (unpaired) electrons. The maximum absolute atomic E-state index is 11.7. The van der Waals surface area contributed by atoms with E-state index in [-0.39, 0.29) is 17.9 Å². The molecule has 5 nitrogen and oxygen atoms in total. The topological polar surface area (TPSA) is 84.2 Å². The van der Waals surface area contributed by atoms with Crippen molar-refractivity contribution < 1.29 is 9.59 Å². The van der Waals surface area contributed by atoms with E-state index in [9.17, 15) is 9.59 Å². The van der Waals surface area contributed by atoms with Crippen molar-refractivity contribution in [3.8, 4) is 0 Å². The second-order valence-electron chi connectivity index (χ2n) is 5.76. The average Bonchev–Trinajstić information content (AvgIpc) is 2.08. The lowest BCUT2D eigenvalue weighted by molar-refractivity contribution is -0.127. The number of carbonyl (C=O) groups excluding carboxylic acids is 2. The number of hydrogen-bond donors (Lipinski definition) is 3. The van der Waals surface area contributed by atoms with Gasteiger partial charge < -0.3 is 16.4 Å². The fourth-order valence-corrected chi connectivity index (χ4v) is 1.31. The van der Waals surface area contributed by atoms with Gasteiger partial charge in [0.15, 0.2) is 0 Å². The molecule has 0 saturated carbocycles. The molecule has 0 aromatic carbocycles. The van der Waals surface area contributed by atoms with Crippen LogP contribution in [0.15, 0.2) is 0 Å². The Morgan fingerprint density at radius 2 is 1.76 bits per heavy atom. The first-order valence-electron chi connectivity index (χ1n) is 5.95. The van der Waals surface area contributed by atoms with Crippen LogP contribution in [0.3, 0.4) is 0 Å². The molecule has 2 amide bonds. The molecule has 17 heavy (non-hydrogen) atoms. The third-order valence-corrected chi connectivity index (χ3v) is 2.02. The lowest BCUT2D eigenvalue weighted by atomic mass is 10.1. The highest BCUT2D eigenvalue weighted by Gasteiger charge is 2.21. The highest BCUT2D eigenvalue weighted by molar-refractivity contribution is 5.87. The average molecular weight is 243 g/mol. The van der Waals surface area contributed by atoms with Crippen molar-refractivity contribution >= 4 is 11.8 Å². The lowest BCUT2D eigenvalue weighted by Crippen LogP contribution is -2.48. The van der Waals surface area contributed by atoms with Crippen molar-refractivity contribution in [1.29, 1.82) is 0 Å². The molecule has 0 heterocycles. The van der Waals surface area contributed by atoms with Gasteiger partial charge in [0.1, 0.15) is 0 Å². The Morgan fingerprint density at radius 3 is 2.12 bits per heavy atom. The van der Waals surface area contributed by atoms with Crippen LogP contribution in [-0.2, 0) is 9.59 Å². The van der Waals surface area contributed by atoms with Crippen LogP contribution in [0.2, 0.25) is 0 Å². The molecule has 1 unspecified atom stereocenters. The van der Waals surface area contributed by atoms with Crippen LogP contribution in [0.1, 0.15) is 41.0 Å². The molecule has 100 valence electrons.